The van der Waals surface area contributed by atoms with Crippen LogP contribution in [0.15, 0.2) is 73.2 Å². The molecule has 0 fully saturated rings. The zero-order valence-electron chi connectivity index (χ0n) is 27.9. The minimum atomic E-state index is -1.42. The largest absolute Gasteiger partial charge is 0.444 e. The monoisotopic (exact) mass is 666 g/mol. The van der Waals surface area contributed by atoms with E-state index in [2.05, 4.69) is 33.2 Å². The zero-order valence-corrected chi connectivity index (χ0v) is 28.7. The average Bonchev–Trinajstić information content (AvgIpc) is 3.46. The van der Waals surface area contributed by atoms with Crippen LogP contribution in [0.1, 0.15) is 58.7 Å². The molecule has 12 nitrogen and oxygen atoms in total. The number of ether oxygens (including phenoxy) is 2. The molecule has 1 aromatic heterocycles. The maximum atomic E-state index is 13.6. The molecule has 2 unspecified atom stereocenters. The van der Waals surface area contributed by atoms with E-state index in [0.29, 0.717) is 6.54 Å². The van der Waals surface area contributed by atoms with Crippen molar-refractivity contribution in [1.82, 2.24) is 25.5 Å². The number of carbonyl (C=O) groups is 4. The number of imidazole rings is 1. The van der Waals surface area contributed by atoms with E-state index in [1.54, 1.807) is 43.3 Å². The van der Waals surface area contributed by atoms with Crippen LogP contribution in [0.25, 0.3) is 0 Å². The molecule has 0 aliphatic carbocycles. The second-order valence-corrected chi connectivity index (χ2v) is 13.7. The first-order valence-corrected chi connectivity index (χ1v) is 16.6. The van der Waals surface area contributed by atoms with E-state index in [1.165, 1.54) is 20.2 Å². The van der Waals surface area contributed by atoms with E-state index in [-0.39, 0.29) is 24.9 Å². The summed E-state index contributed by atoms with van der Waals surface area (Å²) in [5.74, 6) is 0.500. The number of alkyl carbamates (subject to hydrolysis) is 1. The normalized spacial score (nSPS) is 12.8. The minimum Gasteiger partial charge on any atom is -0.444 e. The number of anilines is 1. The fraction of sp³-hybridized carbons (Fsp3) is 0.441. The number of carbonyl (C=O) groups excluding carboxylic acids is 4. The number of aromatic nitrogens is 2. The Bertz CT molecular complexity index is 1460. The molecule has 0 bridgehead atoms. The molecule has 254 valence electrons. The second kappa shape index (κ2) is 17.5. The van der Waals surface area contributed by atoms with Gasteiger partial charge < -0.3 is 35.3 Å². The summed E-state index contributed by atoms with van der Waals surface area (Å²) >= 11 is 1.73. The number of hydrogen-bond donors (Lipinski definition) is 4. The average molecular weight is 667 g/mol. The standard InChI is InChI=1S/C34H46N6O6S/c1-7-47-19-18-35-30(42)28(25-16-12-9-13-17-25)40-20-27(36-23-40)38-29(41)26(22-45-21-24-14-10-8-11-15-24)37-31(43)34(5,6)39-32(44)46-33(2,3)4/h8-17,20,23,26,28H,7,18-19,21-22H2,1-6H3,(H,35,42)(H,37,43)(H,38,41)(H,39,44). The molecular weight excluding hydrogens is 620 g/mol. The molecule has 0 saturated carbocycles. The Morgan fingerprint density at radius 1 is 0.936 bits per heavy atom. The molecule has 0 aliphatic heterocycles. The van der Waals surface area contributed by atoms with Crippen LogP contribution >= 0.6 is 11.8 Å². The summed E-state index contributed by atoms with van der Waals surface area (Å²) in [7, 11) is 0. The van der Waals surface area contributed by atoms with Crippen LogP contribution in [0.3, 0.4) is 0 Å². The Balaban J connectivity index is 1.76. The van der Waals surface area contributed by atoms with Gasteiger partial charge in [0.1, 0.15) is 23.2 Å². The van der Waals surface area contributed by atoms with Gasteiger partial charge in [-0.3, -0.25) is 14.4 Å². The Morgan fingerprint density at radius 2 is 1.60 bits per heavy atom. The summed E-state index contributed by atoms with van der Waals surface area (Å²) < 4.78 is 12.7. The molecule has 4 amide bonds. The van der Waals surface area contributed by atoms with Crippen molar-refractivity contribution in [3.63, 3.8) is 0 Å². The second-order valence-electron chi connectivity index (χ2n) is 12.3. The van der Waals surface area contributed by atoms with Gasteiger partial charge >= 0.3 is 6.09 Å². The van der Waals surface area contributed by atoms with E-state index in [4.69, 9.17) is 9.47 Å². The lowest BCUT2D eigenvalue weighted by Gasteiger charge is -2.29. The quantitative estimate of drug-likeness (QED) is 0.165. The summed E-state index contributed by atoms with van der Waals surface area (Å²) in [5, 5.41) is 11.0. The summed E-state index contributed by atoms with van der Waals surface area (Å²) in [6.45, 7) is 10.8. The number of thioether (sulfide) groups is 1. The molecule has 3 aromatic rings. The minimum absolute atomic E-state index is 0.166. The third kappa shape index (κ3) is 12.4. The molecule has 3 rings (SSSR count). The molecule has 0 radical (unpaired) electrons. The van der Waals surface area contributed by atoms with Gasteiger partial charge in [0.05, 0.1) is 19.5 Å². The van der Waals surface area contributed by atoms with Crippen molar-refractivity contribution in [1.29, 1.82) is 0 Å². The lowest BCUT2D eigenvalue weighted by Crippen LogP contribution is -2.59. The Hall–Kier alpha value is -4.36. The summed E-state index contributed by atoms with van der Waals surface area (Å²) in [6.07, 6.45) is 2.26. The van der Waals surface area contributed by atoms with Crippen molar-refractivity contribution < 1.29 is 28.7 Å². The number of rotatable bonds is 16. The highest BCUT2D eigenvalue weighted by atomic mass is 32.2. The van der Waals surface area contributed by atoms with Crippen molar-refractivity contribution in [2.45, 2.75) is 71.4 Å². The fourth-order valence-corrected chi connectivity index (χ4v) is 4.88. The van der Waals surface area contributed by atoms with E-state index < -0.39 is 41.1 Å². The molecule has 47 heavy (non-hydrogen) atoms. The topological polar surface area (TPSA) is 153 Å². The van der Waals surface area contributed by atoms with E-state index in [1.807, 2.05) is 60.7 Å². The van der Waals surface area contributed by atoms with Gasteiger partial charge in [0.25, 0.3) is 5.91 Å². The van der Waals surface area contributed by atoms with Crippen LogP contribution in [0, 0.1) is 0 Å². The molecule has 2 aromatic carbocycles. The molecule has 0 aliphatic rings. The van der Waals surface area contributed by atoms with E-state index in [0.717, 1.165) is 22.6 Å². The van der Waals surface area contributed by atoms with Crippen molar-refractivity contribution in [3.8, 4) is 0 Å². The first kappa shape index (κ1) is 37.1. The van der Waals surface area contributed by atoms with Gasteiger partial charge in [-0.05, 0) is 51.5 Å². The van der Waals surface area contributed by atoms with Gasteiger partial charge in [0.2, 0.25) is 11.8 Å². The summed E-state index contributed by atoms with van der Waals surface area (Å²) in [5.41, 5.74) is -0.541. The predicted molar refractivity (Wildman–Crippen MR) is 183 cm³/mol. The van der Waals surface area contributed by atoms with Gasteiger partial charge in [-0.25, -0.2) is 9.78 Å². The lowest BCUT2D eigenvalue weighted by atomic mass is 10.0. The molecule has 0 saturated heterocycles. The first-order chi connectivity index (χ1) is 22.3. The third-order valence-electron chi connectivity index (χ3n) is 6.66. The van der Waals surface area contributed by atoms with Crippen LogP contribution in [0.5, 0.6) is 0 Å². The van der Waals surface area contributed by atoms with Gasteiger partial charge in [-0.1, -0.05) is 67.6 Å². The van der Waals surface area contributed by atoms with Crippen LogP contribution in [-0.2, 0) is 30.5 Å². The van der Waals surface area contributed by atoms with Gasteiger partial charge in [0, 0.05) is 18.5 Å². The van der Waals surface area contributed by atoms with Crippen molar-refractivity contribution in [2.75, 3.05) is 30.0 Å². The summed E-state index contributed by atoms with van der Waals surface area (Å²) in [6, 6.07) is 16.8. The molecule has 0 spiro atoms. The smallest absolute Gasteiger partial charge is 0.408 e. The molecule has 13 heteroatoms. The number of nitrogens with one attached hydrogen (secondary N) is 4. The van der Waals surface area contributed by atoms with E-state index in [9.17, 15) is 19.2 Å². The molecule has 1 heterocycles. The van der Waals surface area contributed by atoms with Crippen LogP contribution < -0.4 is 21.3 Å². The Kier molecular flexibility index (Phi) is 13.8. The number of benzene rings is 2. The van der Waals surface area contributed by atoms with Crippen LogP contribution in [-0.4, -0.2) is 75.2 Å². The van der Waals surface area contributed by atoms with Crippen molar-refractivity contribution in [2.24, 2.45) is 0 Å². The van der Waals surface area contributed by atoms with Gasteiger partial charge in [-0.2, -0.15) is 11.8 Å². The van der Waals surface area contributed by atoms with Gasteiger partial charge in [-0.15, -0.1) is 0 Å². The molecular formula is C34H46N6O6S. The van der Waals surface area contributed by atoms with Crippen molar-refractivity contribution in [3.05, 3.63) is 84.3 Å². The third-order valence-corrected chi connectivity index (χ3v) is 7.56. The number of nitrogens with zero attached hydrogens (tertiary/aromatic N) is 2. The highest BCUT2D eigenvalue weighted by Crippen LogP contribution is 2.21. The highest BCUT2D eigenvalue weighted by molar-refractivity contribution is 7.99. The van der Waals surface area contributed by atoms with Crippen molar-refractivity contribution >= 4 is 41.4 Å². The first-order valence-electron chi connectivity index (χ1n) is 15.5. The Labute approximate surface area is 280 Å². The molecule has 4 N–H and O–H groups in total. The SMILES string of the molecule is CCSCCNC(=O)C(c1ccccc1)n1cnc(NC(=O)C(COCc2ccccc2)NC(=O)C(C)(C)NC(=O)OC(C)(C)C)c1. The van der Waals surface area contributed by atoms with Crippen LogP contribution in [0.2, 0.25) is 0 Å². The maximum absolute atomic E-state index is 13.6. The lowest BCUT2D eigenvalue weighted by molar-refractivity contribution is -0.131. The van der Waals surface area contributed by atoms with Crippen LogP contribution in [0.4, 0.5) is 10.6 Å². The Morgan fingerprint density at radius 3 is 2.23 bits per heavy atom. The maximum Gasteiger partial charge on any atom is 0.408 e. The zero-order chi connectivity index (χ0) is 34.5. The number of amides is 4. The molecule has 2 atom stereocenters. The highest BCUT2D eigenvalue weighted by Gasteiger charge is 2.35. The predicted octanol–water partition coefficient (Wildman–Crippen LogP) is 4.29. The van der Waals surface area contributed by atoms with Gasteiger partial charge in [0.15, 0.2) is 5.82 Å². The van der Waals surface area contributed by atoms with E-state index >= 15 is 0 Å². The summed E-state index contributed by atoms with van der Waals surface area (Å²) in [4.78, 5) is 56.9. The number of hydrogen-bond acceptors (Lipinski definition) is 8. The fourth-order valence-electron chi connectivity index (χ4n) is 4.34.